The number of halogens is 2. The van der Waals surface area contributed by atoms with Crippen LogP contribution in [0.1, 0.15) is 12.8 Å². The predicted octanol–water partition coefficient (Wildman–Crippen LogP) is 2.77. The van der Waals surface area contributed by atoms with E-state index in [-0.39, 0.29) is 5.91 Å². The number of anilines is 1. The molecule has 0 N–H and O–H groups in total. The van der Waals surface area contributed by atoms with E-state index in [1.54, 1.807) is 18.2 Å². The van der Waals surface area contributed by atoms with Gasteiger partial charge in [0.05, 0.1) is 12.8 Å². The number of methoxy groups -OCH3 is 1. The van der Waals surface area contributed by atoms with Crippen molar-refractivity contribution in [3.05, 3.63) is 27.7 Å². The first-order chi connectivity index (χ1) is 8.54. The molecule has 0 aliphatic carbocycles. The van der Waals surface area contributed by atoms with Crippen LogP contribution >= 0.6 is 27.5 Å². The van der Waals surface area contributed by atoms with Gasteiger partial charge in [0.25, 0.3) is 0 Å². The van der Waals surface area contributed by atoms with Crippen molar-refractivity contribution in [2.75, 3.05) is 12.0 Å². The van der Waals surface area contributed by atoms with Crippen molar-refractivity contribution in [3.63, 3.8) is 0 Å². The summed E-state index contributed by atoms with van der Waals surface area (Å²) in [6.07, 6.45) is 0.815. The zero-order chi connectivity index (χ0) is 13.3. The maximum Gasteiger partial charge on any atom is 0.328 e. The number of amides is 1. The van der Waals surface area contributed by atoms with Gasteiger partial charge in [-0.25, -0.2) is 4.79 Å². The van der Waals surface area contributed by atoms with Crippen molar-refractivity contribution in [1.29, 1.82) is 0 Å². The highest BCUT2D eigenvalue weighted by Crippen LogP contribution is 2.34. The Balaban J connectivity index is 2.39. The summed E-state index contributed by atoms with van der Waals surface area (Å²) >= 11 is 9.21. The lowest BCUT2D eigenvalue weighted by Crippen LogP contribution is -2.39. The Hall–Kier alpha value is -1.07. The molecule has 1 aromatic carbocycles. The molecule has 6 heteroatoms. The average Bonchev–Trinajstić information content (AvgIpc) is 2.70. The van der Waals surface area contributed by atoms with Crippen molar-refractivity contribution < 1.29 is 14.3 Å². The van der Waals surface area contributed by atoms with Gasteiger partial charge in [-0.05, 0) is 40.5 Å². The van der Waals surface area contributed by atoms with Crippen molar-refractivity contribution in [2.45, 2.75) is 18.9 Å². The fraction of sp³-hybridized carbons (Fsp3) is 0.333. The number of carbonyl (C=O) groups is 2. The standard InChI is InChI=1S/C12H11BrClNO3/c1-18-12(17)10-4-5-11(16)15(10)9-3-2-7(14)6-8(9)13/h2-3,6,10H,4-5H2,1H3. The largest absolute Gasteiger partial charge is 0.467 e. The van der Waals surface area contributed by atoms with E-state index < -0.39 is 12.0 Å². The molecule has 1 heterocycles. The Kier molecular flexibility index (Phi) is 3.92. The summed E-state index contributed by atoms with van der Waals surface area (Å²) in [6, 6.07) is 4.53. The van der Waals surface area contributed by atoms with Crippen LogP contribution in [0.2, 0.25) is 5.02 Å². The van der Waals surface area contributed by atoms with Gasteiger partial charge in [0.1, 0.15) is 6.04 Å². The van der Waals surface area contributed by atoms with Gasteiger partial charge in [-0.3, -0.25) is 9.69 Å². The normalized spacial score (nSPS) is 19.2. The van der Waals surface area contributed by atoms with Crippen LogP contribution in [0.3, 0.4) is 0 Å². The summed E-state index contributed by atoms with van der Waals surface area (Å²) in [5, 5.41) is 0.562. The number of ether oxygens (including phenoxy) is 1. The smallest absolute Gasteiger partial charge is 0.328 e. The molecule has 0 aromatic heterocycles. The Labute approximate surface area is 118 Å². The second-order valence-electron chi connectivity index (χ2n) is 3.94. The molecule has 0 radical (unpaired) electrons. The lowest BCUT2D eigenvalue weighted by atomic mass is 10.2. The maximum atomic E-state index is 11.9. The SMILES string of the molecule is COC(=O)C1CCC(=O)N1c1ccc(Cl)cc1Br. The highest BCUT2D eigenvalue weighted by Gasteiger charge is 2.38. The topological polar surface area (TPSA) is 46.6 Å². The summed E-state index contributed by atoms with van der Waals surface area (Å²) in [7, 11) is 1.32. The Morgan fingerprint density at radius 3 is 2.89 bits per heavy atom. The van der Waals surface area contributed by atoms with Crippen LogP contribution in [-0.2, 0) is 14.3 Å². The molecule has 0 saturated carbocycles. The first kappa shape index (κ1) is 13.4. The molecule has 1 unspecified atom stereocenters. The number of hydrogen-bond donors (Lipinski definition) is 0. The van der Waals surface area contributed by atoms with Crippen LogP contribution in [-0.4, -0.2) is 25.0 Å². The third-order valence-electron chi connectivity index (χ3n) is 2.85. The Bertz CT molecular complexity index is 506. The van der Waals surface area contributed by atoms with Crippen molar-refractivity contribution in [3.8, 4) is 0 Å². The van der Waals surface area contributed by atoms with Gasteiger partial charge in [0.2, 0.25) is 5.91 Å². The van der Waals surface area contributed by atoms with Crippen LogP contribution < -0.4 is 4.90 Å². The van der Waals surface area contributed by atoms with Gasteiger partial charge in [-0.15, -0.1) is 0 Å². The molecule has 1 fully saturated rings. The molecule has 1 atom stereocenters. The molecular formula is C12H11BrClNO3. The third kappa shape index (κ3) is 2.37. The van der Waals surface area contributed by atoms with E-state index in [0.717, 1.165) is 0 Å². The van der Waals surface area contributed by atoms with E-state index in [9.17, 15) is 9.59 Å². The molecule has 18 heavy (non-hydrogen) atoms. The lowest BCUT2D eigenvalue weighted by Gasteiger charge is -2.24. The second kappa shape index (κ2) is 5.28. The van der Waals surface area contributed by atoms with Gasteiger partial charge >= 0.3 is 5.97 Å². The number of hydrogen-bond acceptors (Lipinski definition) is 3. The van der Waals surface area contributed by atoms with Crippen LogP contribution in [0.4, 0.5) is 5.69 Å². The van der Waals surface area contributed by atoms with Gasteiger partial charge in [0, 0.05) is 15.9 Å². The number of esters is 1. The average molecular weight is 333 g/mol. The number of carbonyl (C=O) groups excluding carboxylic acids is 2. The minimum absolute atomic E-state index is 0.0894. The summed E-state index contributed by atoms with van der Waals surface area (Å²) in [4.78, 5) is 25.0. The zero-order valence-electron chi connectivity index (χ0n) is 9.65. The summed E-state index contributed by atoms with van der Waals surface area (Å²) in [5.74, 6) is -0.490. The molecule has 1 aliphatic rings. The highest BCUT2D eigenvalue weighted by molar-refractivity contribution is 9.10. The van der Waals surface area contributed by atoms with Gasteiger partial charge < -0.3 is 4.74 Å². The summed E-state index contributed by atoms with van der Waals surface area (Å²) < 4.78 is 5.40. The molecular weight excluding hydrogens is 321 g/mol. The first-order valence-corrected chi connectivity index (χ1v) is 6.56. The lowest BCUT2D eigenvalue weighted by molar-refractivity contribution is -0.142. The molecule has 2 rings (SSSR count). The van der Waals surface area contributed by atoms with Crippen LogP contribution in [0.25, 0.3) is 0 Å². The van der Waals surface area contributed by atoms with Crippen molar-refractivity contribution in [1.82, 2.24) is 0 Å². The van der Waals surface area contributed by atoms with Gasteiger partial charge in [-0.1, -0.05) is 11.6 Å². The highest BCUT2D eigenvalue weighted by atomic mass is 79.9. The summed E-state index contributed by atoms with van der Waals surface area (Å²) in [5.41, 5.74) is 0.636. The minimum atomic E-state index is -0.556. The third-order valence-corrected chi connectivity index (χ3v) is 3.72. The van der Waals surface area contributed by atoms with Crippen molar-refractivity contribution >= 4 is 45.1 Å². The Morgan fingerprint density at radius 2 is 2.28 bits per heavy atom. The van der Waals surface area contributed by atoms with Gasteiger partial charge in [-0.2, -0.15) is 0 Å². The van der Waals surface area contributed by atoms with E-state index >= 15 is 0 Å². The number of rotatable bonds is 2. The maximum absolute atomic E-state index is 11.9. The zero-order valence-corrected chi connectivity index (χ0v) is 12.0. The molecule has 1 aromatic rings. The predicted molar refractivity (Wildman–Crippen MR) is 71.7 cm³/mol. The van der Waals surface area contributed by atoms with E-state index in [4.69, 9.17) is 16.3 Å². The first-order valence-electron chi connectivity index (χ1n) is 5.39. The molecule has 1 saturated heterocycles. The number of benzene rings is 1. The van der Waals surface area contributed by atoms with Crippen LogP contribution in [0, 0.1) is 0 Å². The minimum Gasteiger partial charge on any atom is -0.467 e. The summed E-state index contributed by atoms with van der Waals surface area (Å²) in [6.45, 7) is 0. The van der Waals surface area contributed by atoms with Crippen LogP contribution in [0.5, 0.6) is 0 Å². The van der Waals surface area contributed by atoms with Gasteiger partial charge in [0.15, 0.2) is 0 Å². The molecule has 4 nitrogen and oxygen atoms in total. The monoisotopic (exact) mass is 331 g/mol. The van der Waals surface area contributed by atoms with Crippen molar-refractivity contribution in [2.24, 2.45) is 0 Å². The Morgan fingerprint density at radius 1 is 1.56 bits per heavy atom. The van der Waals surface area contributed by atoms with E-state index in [0.29, 0.717) is 28.0 Å². The fourth-order valence-electron chi connectivity index (χ4n) is 2.02. The number of nitrogens with zero attached hydrogens (tertiary/aromatic N) is 1. The van der Waals surface area contributed by atoms with Crippen LogP contribution in [0.15, 0.2) is 22.7 Å². The molecule has 1 amide bonds. The quantitative estimate of drug-likeness (QED) is 0.782. The fourth-order valence-corrected chi connectivity index (χ4v) is 2.90. The second-order valence-corrected chi connectivity index (χ2v) is 5.23. The molecule has 1 aliphatic heterocycles. The van der Waals surface area contributed by atoms with E-state index in [2.05, 4.69) is 15.9 Å². The molecule has 96 valence electrons. The molecule has 0 bridgehead atoms. The van der Waals surface area contributed by atoms with E-state index in [1.807, 2.05) is 0 Å². The molecule has 0 spiro atoms. The van der Waals surface area contributed by atoms with E-state index in [1.165, 1.54) is 12.0 Å².